The van der Waals surface area contributed by atoms with Gasteiger partial charge in [-0.3, -0.25) is 0 Å². The third-order valence-electron chi connectivity index (χ3n) is 3.90. The number of para-hydroxylation sites is 1. The molecule has 0 spiro atoms. The molecule has 0 aromatic heterocycles. The van der Waals surface area contributed by atoms with Crippen LogP contribution in [0.25, 0.3) is 0 Å². The Morgan fingerprint density at radius 3 is 2.16 bits per heavy atom. The van der Waals surface area contributed by atoms with Crippen LogP contribution in [0, 0.1) is 0 Å². The quantitative estimate of drug-likeness (QED) is 0.600. The summed E-state index contributed by atoms with van der Waals surface area (Å²) in [6.07, 6.45) is 1.78. The van der Waals surface area contributed by atoms with Crippen LogP contribution in [-0.2, 0) is 9.31 Å². The largest absolute Gasteiger partial charge is 0.494 e. The van der Waals surface area contributed by atoms with Gasteiger partial charge in [0.1, 0.15) is 5.75 Å². The third kappa shape index (κ3) is 3.51. The average molecular weight is 262 g/mol. The minimum atomic E-state index is -0.238. The first-order chi connectivity index (χ1) is 8.91. The lowest BCUT2D eigenvalue weighted by Crippen LogP contribution is -2.41. The Kier molecular flexibility index (Phi) is 4.21. The summed E-state index contributed by atoms with van der Waals surface area (Å²) in [5.74, 6) is 0.913. The van der Waals surface area contributed by atoms with Gasteiger partial charge in [0, 0.05) is 0 Å². The summed E-state index contributed by atoms with van der Waals surface area (Å²) in [7, 11) is -0.121. The molecule has 19 heavy (non-hydrogen) atoms. The van der Waals surface area contributed by atoms with Crippen molar-refractivity contribution in [3.05, 3.63) is 30.3 Å². The molecule has 0 N–H and O–H groups in total. The van der Waals surface area contributed by atoms with Gasteiger partial charge in [-0.05, 0) is 52.6 Å². The van der Waals surface area contributed by atoms with Crippen molar-refractivity contribution in [2.45, 2.75) is 51.6 Å². The Morgan fingerprint density at radius 2 is 1.58 bits per heavy atom. The Labute approximate surface area is 116 Å². The lowest BCUT2D eigenvalue weighted by Gasteiger charge is -2.32. The lowest BCUT2D eigenvalue weighted by atomic mass is 9.83. The van der Waals surface area contributed by atoms with Crippen molar-refractivity contribution in [3.8, 4) is 5.75 Å². The molecule has 1 fully saturated rings. The summed E-state index contributed by atoms with van der Waals surface area (Å²) < 4.78 is 17.5. The highest BCUT2D eigenvalue weighted by Crippen LogP contribution is 2.37. The van der Waals surface area contributed by atoms with Gasteiger partial charge in [0.05, 0.1) is 17.8 Å². The third-order valence-corrected chi connectivity index (χ3v) is 3.90. The smallest absolute Gasteiger partial charge is 0.457 e. The standard InChI is InChI=1S/C15H23BO3/c1-14(2)15(3,4)19-16(18-14)11-8-12-17-13-9-6-5-7-10-13/h5-7,9-10H,8,11-12H2,1-4H3. The van der Waals surface area contributed by atoms with Crippen molar-refractivity contribution in [2.75, 3.05) is 6.61 Å². The summed E-state index contributed by atoms with van der Waals surface area (Å²) in [5.41, 5.74) is -0.476. The number of rotatable bonds is 5. The van der Waals surface area contributed by atoms with Crippen LogP contribution in [0.5, 0.6) is 5.75 Å². The van der Waals surface area contributed by atoms with Crippen molar-refractivity contribution in [1.82, 2.24) is 0 Å². The van der Waals surface area contributed by atoms with E-state index in [1.807, 2.05) is 30.3 Å². The fourth-order valence-electron chi connectivity index (χ4n) is 2.04. The molecule has 4 heteroatoms. The predicted molar refractivity (Wildman–Crippen MR) is 77.4 cm³/mol. The van der Waals surface area contributed by atoms with Gasteiger partial charge in [-0.25, -0.2) is 0 Å². The van der Waals surface area contributed by atoms with Gasteiger partial charge in [0.25, 0.3) is 0 Å². The highest BCUT2D eigenvalue weighted by molar-refractivity contribution is 6.45. The highest BCUT2D eigenvalue weighted by Gasteiger charge is 2.50. The van der Waals surface area contributed by atoms with E-state index in [-0.39, 0.29) is 18.3 Å². The SMILES string of the molecule is CC1(C)OB(CCCOc2ccccc2)OC1(C)C. The molecular weight excluding hydrogens is 239 g/mol. The van der Waals surface area contributed by atoms with E-state index in [2.05, 4.69) is 27.7 Å². The molecule has 0 atom stereocenters. The summed E-state index contributed by atoms with van der Waals surface area (Å²) in [4.78, 5) is 0. The molecule has 0 radical (unpaired) electrons. The minimum absolute atomic E-state index is 0.121. The molecule has 0 unspecified atom stereocenters. The van der Waals surface area contributed by atoms with Gasteiger partial charge in [-0.1, -0.05) is 18.2 Å². The van der Waals surface area contributed by atoms with Gasteiger partial charge >= 0.3 is 7.12 Å². The molecule has 1 heterocycles. The van der Waals surface area contributed by atoms with Crippen molar-refractivity contribution in [2.24, 2.45) is 0 Å². The molecule has 0 bridgehead atoms. The van der Waals surface area contributed by atoms with E-state index in [0.29, 0.717) is 6.61 Å². The van der Waals surface area contributed by atoms with E-state index < -0.39 is 0 Å². The molecule has 1 saturated heterocycles. The van der Waals surface area contributed by atoms with Crippen molar-refractivity contribution in [1.29, 1.82) is 0 Å². The predicted octanol–water partition coefficient (Wildman–Crippen LogP) is 3.55. The number of hydrogen-bond acceptors (Lipinski definition) is 3. The lowest BCUT2D eigenvalue weighted by molar-refractivity contribution is 0.00578. The van der Waals surface area contributed by atoms with Gasteiger partial charge in [-0.2, -0.15) is 0 Å². The zero-order valence-corrected chi connectivity index (χ0v) is 12.3. The molecule has 0 saturated carbocycles. The molecule has 104 valence electrons. The Balaban J connectivity index is 1.70. The first-order valence-electron chi connectivity index (χ1n) is 6.94. The molecule has 0 amide bonds. The normalized spacial score (nSPS) is 20.5. The second-order valence-corrected chi connectivity index (χ2v) is 5.99. The zero-order chi connectivity index (χ0) is 13.9. The summed E-state index contributed by atoms with van der Waals surface area (Å²) in [6.45, 7) is 9.00. The van der Waals surface area contributed by atoms with E-state index in [1.165, 1.54) is 0 Å². The van der Waals surface area contributed by atoms with Crippen LogP contribution in [0.4, 0.5) is 0 Å². The highest BCUT2D eigenvalue weighted by atomic mass is 16.7. The van der Waals surface area contributed by atoms with Crippen molar-refractivity contribution < 1.29 is 14.0 Å². The first kappa shape index (κ1) is 14.4. The fourth-order valence-corrected chi connectivity index (χ4v) is 2.04. The topological polar surface area (TPSA) is 27.7 Å². The van der Waals surface area contributed by atoms with Crippen molar-refractivity contribution in [3.63, 3.8) is 0 Å². The molecular formula is C15H23BO3. The summed E-state index contributed by atoms with van der Waals surface area (Å²) in [5, 5.41) is 0. The monoisotopic (exact) mass is 262 g/mol. The Hall–Kier alpha value is -0.995. The number of ether oxygens (including phenoxy) is 1. The molecule has 1 aromatic rings. The van der Waals surface area contributed by atoms with E-state index in [1.54, 1.807) is 0 Å². The van der Waals surface area contributed by atoms with Crippen LogP contribution in [-0.4, -0.2) is 24.9 Å². The number of hydrogen-bond donors (Lipinski definition) is 0. The van der Waals surface area contributed by atoms with Crippen LogP contribution in [0.1, 0.15) is 34.1 Å². The summed E-state index contributed by atoms with van der Waals surface area (Å²) >= 11 is 0. The Bertz CT molecular complexity index is 387. The fraction of sp³-hybridized carbons (Fsp3) is 0.600. The van der Waals surface area contributed by atoms with Crippen molar-refractivity contribution >= 4 is 7.12 Å². The second-order valence-electron chi connectivity index (χ2n) is 5.99. The van der Waals surface area contributed by atoms with Crippen LogP contribution >= 0.6 is 0 Å². The second kappa shape index (κ2) is 5.55. The minimum Gasteiger partial charge on any atom is -0.494 e. The number of benzene rings is 1. The molecule has 1 aliphatic heterocycles. The summed E-state index contributed by atoms with van der Waals surface area (Å²) in [6, 6.07) is 9.87. The first-order valence-corrected chi connectivity index (χ1v) is 6.94. The van der Waals surface area contributed by atoms with Crippen LogP contribution in [0.15, 0.2) is 30.3 Å². The van der Waals surface area contributed by atoms with Gasteiger partial charge in [-0.15, -0.1) is 0 Å². The van der Waals surface area contributed by atoms with Crippen LogP contribution < -0.4 is 4.74 Å². The maximum atomic E-state index is 5.94. The maximum absolute atomic E-state index is 5.94. The van der Waals surface area contributed by atoms with Crippen LogP contribution in [0.3, 0.4) is 0 Å². The van der Waals surface area contributed by atoms with Gasteiger partial charge < -0.3 is 14.0 Å². The zero-order valence-electron chi connectivity index (χ0n) is 12.3. The molecule has 3 nitrogen and oxygen atoms in total. The molecule has 1 aromatic carbocycles. The van der Waals surface area contributed by atoms with E-state index in [9.17, 15) is 0 Å². The maximum Gasteiger partial charge on any atom is 0.457 e. The van der Waals surface area contributed by atoms with E-state index in [4.69, 9.17) is 14.0 Å². The van der Waals surface area contributed by atoms with Gasteiger partial charge in [0.2, 0.25) is 0 Å². The van der Waals surface area contributed by atoms with E-state index in [0.717, 1.165) is 18.5 Å². The van der Waals surface area contributed by atoms with E-state index >= 15 is 0 Å². The molecule has 0 aliphatic carbocycles. The average Bonchev–Trinajstić information content (AvgIpc) is 2.55. The Morgan fingerprint density at radius 1 is 1.00 bits per heavy atom. The van der Waals surface area contributed by atoms with Gasteiger partial charge in [0.15, 0.2) is 0 Å². The molecule has 2 rings (SSSR count). The van der Waals surface area contributed by atoms with Crippen LogP contribution in [0.2, 0.25) is 6.32 Å². The molecule has 1 aliphatic rings.